The number of hydrogen-bond donors (Lipinski definition) is 0. The molecule has 0 saturated heterocycles. The predicted octanol–water partition coefficient (Wildman–Crippen LogP) is 3.41. The monoisotopic (exact) mass is 346 g/mol. The Bertz CT molecular complexity index is 490. The van der Waals surface area contributed by atoms with E-state index in [4.69, 9.17) is 0 Å². The molecule has 0 spiro atoms. The third-order valence-corrected chi connectivity index (χ3v) is 5.44. The molecule has 1 aromatic heterocycles. The van der Waals surface area contributed by atoms with Crippen molar-refractivity contribution in [3.05, 3.63) is 33.2 Å². The van der Waals surface area contributed by atoms with Gasteiger partial charge >= 0.3 is 0 Å². The Balaban J connectivity index is 2.09. The molecule has 1 aliphatic rings. The van der Waals surface area contributed by atoms with Crippen LogP contribution in [0.25, 0.3) is 11.3 Å². The van der Waals surface area contributed by atoms with Crippen LogP contribution in [0.15, 0.2) is 34.0 Å². The zero-order valence-electron chi connectivity index (χ0n) is 7.94. The molecule has 0 radical (unpaired) electrons. The summed E-state index contributed by atoms with van der Waals surface area (Å²) in [5.74, 6) is 1.23. The number of thiazole rings is 1. The van der Waals surface area contributed by atoms with E-state index in [9.17, 15) is 0 Å². The quantitative estimate of drug-likeness (QED) is 0.565. The number of nitrogens with zero attached hydrogens (tertiary/aromatic N) is 1. The molecule has 15 heavy (non-hydrogen) atoms. The first kappa shape index (κ1) is 10.1. The van der Waals surface area contributed by atoms with Gasteiger partial charge in [-0.3, -0.25) is 0 Å². The molecule has 1 nitrogen and oxygen atoms in total. The summed E-state index contributed by atoms with van der Waals surface area (Å²) in [7, 11) is 0. The van der Waals surface area contributed by atoms with Crippen molar-refractivity contribution in [2.24, 2.45) is 0 Å². The Labute approximate surface area is 111 Å². The fraction of sp³-hybridized carbons (Fsp3) is 0.182. The first-order valence-corrected chi connectivity index (χ1v) is 7.69. The second kappa shape index (κ2) is 4.07. The van der Waals surface area contributed by atoms with Crippen molar-refractivity contribution in [3.8, 4) is 11.3 Å². The molecule has 0 aliphatic carbocycles. The normalized spacial score (nSPS) is 14.2. The molecule has 0 N–H and O–H groups in total. The van der Waals surface area contributed by atoms with Crippen molar-refractivity contribution in [2.45, 2.75) is 10.9 Å². The molecule has 0 bridgehead atoms. The largest absolute Gasteiger partial charge is 0.298 e. The van der Waals surface area contributed by atoms with Gasteiger partial charge in [-0.15, -0.1) is 0 Å². The smallest absolute Gasteiger partial charge is 0.175 e. The van der Waals surface area contributed by atoms with Crippen molar-refractivity contribution in [1.82, 2.24) is 0 Å². The summed E-state index contributed by atoms with van der Waals surface area (Å²) in [6, 6.07) is 8.76. The minimum Gasteiger partial charge on any atom is -0.175 e. The zero-order chi connectivity index (χ0) is 10.3. The maximum Gasteiger partial charge on any atom is 0.298 e. The van der Waals surface area contributed by atoms with E-state index in [1.807, 2.05) is 23.1 Å². The Kier molecular flexibility index (Phi) is 2.74. The van der Waals surface area contributed by atoms with Crippen molar-refractivity contribution < 1.29 is 4.57 Å². The number of aromatic nitrogens is 1. The molecule has 0 amide bonds. The van der Waals surface area contributed by atoms with Gasteiger partial charge in [-0.1, -0.05) is 11.3 Å². The zero-order valence-corrected chi connectivity index (χ0v) is 11.7. The van der Waals surface area contributed by atoms with Crippen molar-refractivity contribution >= 4 is 45.7 Å². The molecule has 1 aromatic carbocycles. The van der Waals surface area contributed by atoms with Crippen LogP contribution in [0.3, 0.4) is 0 Å². The van der Waals surface area contributed by atoms with Crippen LogP contribution in [0.5, 0.6) is 0 Å². The second-order valence-corrected chi connectivity index (χ2v) is 6.84. The van der Waals surface area contributed by atoms with Gasteiger partial charge in [0.2, 0.25) is 5.69 Å². The lowest BCUT2D eigenvalue weighted by molar-refractivity contribution is -0.706. The van der Waals surface area contributed by atoms with Crippen LogP contribution >= 0.6 is 45.7 Å². The number of thioether (sulfide) groups is 1. The Hall–Kier alpha value is -0.0700. The van der Waals surface area contributed by atoms with Gasteiger partial charge in [0.25, 0.3) is 4.34 Å². The van der Waals surface area contributed by atoms with Gasteiger partial charge < -0.3 is 0 Å². The van der Waals surface area contributed by atoms with Gasteiger partial charge in [0.1, 0.15) is 0 Å². The van der Waals surface area contributed by atoms with Crippen LogP contribution < -0.4 is 4.57 Å². The average molecular weight is 346 g/mol. The van der Waals surface area contributed by atoms with Gasteiger partial charge in [-0.2, -0.15) is 4.57 Å². The Morgan fingerprint density at radius 3 is 2.80 bits per heavy atom. The fourth-order valence-corrected chi connectivity index (χ4v) is 4.34. The predicted molar refractivity (Wildman–Crippen MR) is 73.4 cm³/mol. The molecule has 0 saturated carbocycles. The standard InChI is InChI=1S/C11H9INS2/c12-9-3-1-8(2-4-9)10-7-15-11-13(10)5-6-14-11/h1-4,7H,5-6H2/q+1. The minimum atomic E-state index is 1.16. The van der Waals surface area contributed by atoms with Gasteiger partial charge in [-0.25, -0.2) is 0 Å². The SMILES string of the molecule is Ic1ccc(-c2csc3[n+]2CCS3)cc1. The number of rotatable bonds is 1. The van der Waals surface area contributed by atoms with Crippen LogP contribution in [0.2, 0.25) is 0 Å². The Morgan fingerprint density at radius 2 is 2.00 bits per heavy atom. The summed E-state index contributed by atoms with van der Waals surface area (Å²) in [6.45, 7) is 1.16. The summed E-state index contributed by atoms with van der Waals surface area (Å²) < 4.78 is 5.17. The lowest BCUT2D eigenvalue weighted by atomic mass is 10.2. The van der Waals surface area contributed by atoms with Gasteiger partial charge in [0.05, 0.1) is 11.1 Å². The van der Waals surface area contributed by atoms with Gasteiger partial charge in [0, 0.05) is 9.13 Å². The van der Waals surface area contributed by atoms with E-state index >= 15 is 0 Å². The maximum atomic E-state index is 2.43. The van der Waals surface area contributed by atoms with Crippen LogP contribution in [0, 0.1) is 3.57 Å². The molecule has 0 fully saturated rings. The first-order chi connectivity index (χ1) is 7.34. The van der Waals surface area contributed by atoms with Crippen LogP contribution in [-0.2, 0) is 6.54 Å². The topological polar surface area (TPSA) is 3.88 Å². The molecule has 0 unspecified atom stereocenters. The molecule has 0 atom stereocenters. The van der Waals surface area contributed by atoms with Gasteiger partial charge in [0.15, 0.2) is 6.54 Å². The maximum absolute atomic E-state index is 2.43. The molecule has 3 rings (SSSR count). The highest BCUT2D eigenvalue weighted by molar-refractivity contribution is 14.1. The molecule has 76 valence electrons. The van der Waals surface area contributed by atoms with E-state index in [1.165, 1.54) is 24.9 Å². The summed E-state index contributed by atoms with van der Waals surface area (Å²) >= 11 is 6.17. The highest BCUT2D eigenvalue weighted by Crippen LogP contribution is 2.30. The van der Waals surface area contributed by atoms with Crippen molar-refractivity contribution in [2.75, 3.05) is 5.75 Å². The van der Waals surface area contributed by atoms with E-state index < -0.39 is 0 Å². The third kappa shape index (κ3) is 1.83. The summed E-state index contributed by atoms with van der Waals surface area (Å²) in [5, 5.41) is 2.27. The van der Waals surface area contributed by atoms with E-state index in [-0.39, 0.29) is 0 Å². The lowest BCUT2D eigenvalue weighted by Gasteiger charge is -1.96. The number of fused-ring (bicyclic) bond motifs is 1. The van der Waals surface area contributed by atoms with E-state index in [0.717, 1.165) is 6.54 Å². The van der Waals surface area contributed by atoms with E-state index in [2.05, 4.69) is 56.8 Å². The van der Waals surface area contributed by atoms with Crippen LogP contribution in [0.1, 0.15) is 0 Å². The summed E-state index contributed by atoms with van der Waals surface area (Å²) in [6.07, 6.45) is 0. The number of halogens is 1. The molecule has 2 heterocycles. The van der Waals surface area contributed by atoms with Crippen LogP contribution in [0.4, 0.5) is 0 Å². The Morgan fingerprint density at radius 1 is 1.20 bits per heavy atom. The third-order valence-electron chi connectivity index (χ3n) is 2.46. The number of benzene rings is 1. The molecular weight excluding hydrogens is 337 g/mol. The average Bonchev–Trinajstić information content (AvgIpc) is 2.80. The highest BCUT2D eigenvalue weighted by Gasteiger charge is 2.27. The second-order valence-electron chi connectivity index (χ2n) is 3.39. The first-order valence-electron chi connectivity index (χ1n) is 4.75. The summed E-state index contributed by atoms with van der Waals surface area (Å²) in [4.78, 5) is 0. The molecular formula is C11H9INS2+. The number of hydrogen-bond acceptors (Lipinski definition) is 2. The highest BCUT2D eigenvalue weighted by atomic mass is 127. The lowest BCUT2D eigenvalue weighted by Crippen LogP contribution is -2.32. The van der Waals surface area contributed by atoms with Crippen LogP contribution in [-0.4, -0.2) is 5.75 Å². The minimum absolute atomic E-state index is 1.16. The fourth-order valence-electron chi connectivity index (χ4n) is 1.72. The molecule has 1 aliphatic heterocycles. The molecule has 2 aromatic rings. The van der Waals surface area contributed by atoms with Crippen molar-refractivity contribution in [3.63, 3.8) is 0 Å². The van der Waals surface area contributed by atoms with Crippen molar-refractivity contribution in [1.29, 1.82) is 0 Å². The summed E-state index contributed by atoms with van der Waals surface area (Å²) in [5.41, 5.74) is 2.71. The molecule has 4 heteroatoms. The van der Waals surface area contributed by atoms with Gasteiger partial charge in [-0.05, 0) is 58.6 Å². The van der Waals surface area contributed by atoms with E-state index in [1.54, 1.807) is 0 Å². The van der Waals surface area contributed by atoms with E-state index in [0.29, 0.717) is 0 Å².